The lowest BCUT2D eigenvalue weighted by Gasteiger charge is -2.51. The second kappa shape index (κ2) is 7.38. The Kier molecular flexibility index (Phi) is 4.63. The maximum atomic E-state index is 13.2. The van der Waals surface area contributed by atoms with Gasteiger partial charge in [0.2, 0.25) is 11.6 Å². The highest BCUT2D eigenvalue weighted by atomic mass is 16.2. The van der Waals surface area contributed by atoms with E-state index in [1.807, 2.05) is 0 Å². The number of nitrogens with zero attached hydrogens (tertiary/aromatic N) is 1. The van der Waals surface area contributed by atoms with Gasteiger partial charge in [0.05, 0.1) is 16.7 Å². The summed E-state index contributed by atoms with van der Waals surface area (Å²) in [6, 6.07) is 22.1. The van der Waals surface area contributed by atoms with Gasteiger partial charge in [-0.15, -0.1) is 0 Å². The maximum absolute atomic E-state index is 13.2. The van der Waals surface area contributed by atoms with Gasteiger partial charge in [-0.05, 0) is 36.5 Å². The predicted octanol–water partition coefficient (Wildman–Crippen LogP) is 4.67. The van der Waals surface area contributed by atoms with Crippen molar-refractivity contribution in [1.82, 2.24) is 4.90 Å². The lowest BCUT2D eigenvalue weighted by molar-refractivity contribution is -0.00201. The maximum Gasteiger partial charge on any atom is 0.262 e. The Morgan fingerprint density at radius 3 is 1.69 bits per heavy atom. The fraction of sp³-hybridized carbons (Fsp3) is 0.185. The van der Waals surface area contributed by atoms with Crippen LogP contribution in [0.1, 0.15) is 66.8 Å². The third-order valence-corrected chi connectivity index (χ3v) is 6.52. The van der Waals surface area contributed by atoms with Crippen molar-refractivity contribution >= 4 is 23.4 Å². The number of imide groups is 1. The second-order valence-corrected chi connectivity index (χ2v) is 8.64. The van der Waals surface area contributed by atoms with Crippen molar-refractivity contribution in [3.63, 3.8) is 0 Å². The number of hydrogen-bond donors (Lipinski definition) is 0. The molecular weight excluding hydrogens is 402 g/mol. The van der Waals surface area contributed by atoms with Crippen molar-refractivity contribution in [3.05, 3.63) is 107 Å². The van der Waals surface area contributed by atoms with Crippen molar-refractivity contribution in [1.29, 1.82) is 0 Å². The Labute approximate surface area is 185 Å². The summed E-state index contributed by atoms with van der Waals surface area (Å²) in [7, 11) is 0. The quantitative estimate of drug-likeness (QED) is 0.340. The lowest BCUT2D eigenvalue weighted by Crippen LogP contribution is -2.56. The smallest absolute Gasteiger partial charge is 0.262 e. The van der Waals surface area contributed by atoms with E-state index in [0.29, 0.717) is 35.4 Å². The molecule has 1 fully saturated rings. The van der Waals surface area contributed by atoms with Gasteiger partial charge in [-0.25, -0.2) is 0 Å². The van der Waals surface area contributed by atoms with Crippen molar-refractivity contribution in [3.8, 4) is 0 Å². The standard InChI is InChI=1S/C27H21NO4/c1-17-15-27(16-17,28-25(31)21-9-5-6-10-22(21)26(28)32)20-13-11-19(12-14-20)24(30)23(29)18-7-3-2-4-8-18/h2-14,17H,15-16H2,1H3/t17-,27+. The average molecular weight is 423 g/mol. The summed E-state index contributed by atoms with van der Waals surface area (Å²) >= 11 is 0. The number of ketones is 2. The van der Waals surface area contributed by atoms with Crippen LogP contribution in [0.25, 0.3) is 0 Å². The van der Waals surface area contributed by atoms with Gasteiger partial charge in [0.1, 0.15) is 0 Å². The van der Waals surface area contributed by atoms with Crippen LogP contribution in [0.5, 0.6) is 0 Å². The summed E-state index contributed by atoms with van der Waals surface area (Å²) in [6.07, 6.45) is 1.32. The molecule has 1 aliphatic heterocycles. The van der Waals surface area contributed by atoms with E-state index in [-0.39, 0.29) is 17.4 Å². The highest BCUT2D eigenvalue weighted by Crippen LogP contribution is 2.52. The van der Waals surface area contributed by atoms with Crippen LogP contribution in [0.15, 0.2) is 78.9 Å². The van der Waals surface area contributed by atoms with E-state index < -0.39 is 17.1 Å². The van der Waals surface area contributed by atoms with E-state index in [1.54, 1.807) is 78.9 Å². The number of fused-ring (bicyclic) bond motifs is 1. The minimum Gasteiger partial charge on any atom is -0.285 e. The molecule has 3 aromatic carbocycles. The first-order chi connectivity index (χ1) is 15.4. The van der Waals surface area contributed by atoms with Gasteiger partial charge in [0, 0.05) is 11.1 Å². The molecule has 5 heteroatoms. The molecule has 0 unspecified atom stereocenters. The number of hydrogen-bond acceptors (Lipinski definition) is 4. The van der Waals surface area contributed by atoms with Crippen LogP contribution in [-0.2, 0) is 5.54 Å². The highest BCUT2D eigenvalue weighted by Gasteiger charge is 2.55. The van der Waals surface area contributed by atoms with Crippen molar-refractivity contribution in [2.75, 3.05) is 0 Å². The van der Waals surface area contributed by atoms with Crippen LogP contribution in [0.2, 0.25) is 0 Å². The molecule has 32 heavy (non-hydrogen) atoms. The van der Waals surface area contributed by atoms with Gasteiger partial charge in [-0.3, -0.25) is 24.1 Å². The molecule has 5 rings (SSSR count). The summed E-state index contributed by atoms with van der Waals surface area (Å²) in [6.45, 7) is 2.09. The predicted molar refractivity (Wildman–Crippen MR) is 119 cm³/mol. The Bertz CT molecular complexity index is 1220. The molecule has 1 heterocycles. The number of benzene rings is 3. The molecule has 1 saturated carbocycles. The molecule has 158 valence electrons. The molecule has 1 aliphatic carbocycles. The van der Waals surface area contributed by atoms with Gasteiger partial charge in [0.15, 0.2) is 0 Å². The first-order valence-electron chi connectivity index (χ1n) is 10.6. The van der Waals surface area contributed by atoms with Gasteiger partial charge in [0.25, 0.3) is 11.8 Å². The summed E-state index contributed by atoms with van der Waals surface area (Å²) in [5.41, 5.74) is 1.55. The van der Waals surface area contributed by atoms with Crippen LogP contribution in [0.3, 0.4) is 0 Å². The fourth-order valence-corrected chi connectivity index (χ4v) is 5.00. The summed E-state index contributed by atoms with van der Waals surface area (Å²) < 4.78 is 0. The normalized spacial score (nSPS) is 21.8. The zero-order valence-electron chi connectivity index (χ0n) is 17.6. The SMILES string of the molecule is C[C@H]1C[C@@](c2ccc(C(=O)C(=O)c3ccccc3)cc2)(N2C(=O)c3ccccc3C2=O)C1. The minimum atomic E-state index is -0.738. The third-order valence-electron chi connectivity index (χ3n) is 6.52. The van der Waals surface area contributed by atoms with Crippen LogP contribution < -0.4 is 0 Å². The summed E-state index contributed by atoms with van der Waals surface area (Å²) in [5, 5.41) is 0. The molecular formula is C27H21NO4. The Morgan fingerprint density at radius 2 is 1.19 bits per heavy atom. The third kappa shape index (κ3) is 2.93. The molecule has 0 atom stereocenters. The lowest BCUT2D eigenvalue weighted by atomic mass is 9.64. The van der Waals surface area contributed by atoms with Gasteiger partial charge in [-0.1, -0.05) is 73.7 Å². The number of carbonyl (C=O) groups excluding carboxylic acids is 4. The topological polar surface area (TPSA) is 71.5 Å². The number of rotatable bonds is 5. The van der Waals surface area contributed by atoms with Crippen LogP contribution in [-0.4, -0.2) is 28.3 Å². The largest absolute Gasteiger partial charge is 0.285 e. The van der Waals surface area contributed by atoms with E-state index in [9.17, 15) is 19.2 Å². The monoisotopic (exact) mass is 423 g/mol. The summed E-state index contributed by atoms with van der Waals surface area (Å²) in [5.74, 6) is -1.35. The van der Waals surface area contributed by atoms with E-state index in [2.05, 4.69) is 6.92 Å². The molecule has 0 spiro atoms. The highest BCUT2D eigenvalue weighted by molar-refractivity contribution is 6.49. The van der Waals surface area contributed by atoms with Crippen LogP contribution in [0, 0.1) is 5.92 Å². The molecule has 5 nitrogen and oxygen atoms in total. The molecule has 2 aliphatic rings. The van der Waals surface area contributed by atoms with Gasteiger partial charge < -0.3 is 0 Å². The number of Topliss-reactive ketones (excluding diaryl/α,β-unsaturated/α-hetero) is 2. The molecule has 0 N–H and O–H groups in total. The van der Waals surface area contributed by atoms with Crippen molar-refractivity contribution in [2.24, 2.45) is 5.92 Å². The second-order valence-electron chi connectivity index (χ2n) is 8.64. The zero-order chi connectivity index (χ0) is 22.5. The minimum absolute atomic E-state index is 0.281. The van der Waals surface area contributed by atoms with Gasteiger partial charge in [-0.2, -0.15) is 0 Å². The van der Waals surface area contributed by atoms with Crippen molar-refractivity contribution < 1.29 is 19.2 Å². The molecule has 0 radical (unpaired) electrons. The number of amides is 2. The average Bonchev–Trinajstić information content (AvgIpc) is 3.07. The first-order valence-corrected chi connectivity index (χ1v) is 10.6. The first kappa shape index (κ1) is 20.1. The van der Waals surface area contributed by atoms with E-state index >= 15 is 0 Å². The molecule has 0 saturated heterocycles. The Hall–Kier alpha value is -3.86. The van der Waals surface area contributed by atoms with E-state index in [4.69, 9.17) is 0 Å². The Balaban J connectivity index is 1.47. The number of carbonyl (C=O) groups is 4. The van der Waals surface area contributed by atoms with Crippen LogP contribution in [0.4, 0.5) is 0 Å². The Morgan fingerprint density at radius 1 is 0.719 bits per heavy atom. The van der Waals surface area contributed by atoms with Crippen molar-refractivity contribution in [2.45, 2.75) is 25.3 Å². The molecule has 0 bridgehead atoms. The van der Waals surface area contributed by atoms with E-state index in [0.717, 1.165) is 5.56 Å². The molecule has 0 aromatic heterocycles. The van der Waals surface area contributed by atoms with E-state index in [1.165, 1.54) is 4.90 Å². The summed E-state index contributed by atoms with van der Waals surface area (Å²) in [4.78, 5) is 52.9. The molecule has 3 aromatic rings. The fourth-order valence-electron chi connectivity index (χ4n) is 5.00. The van der Waals surface area contributed by atoms with Gasteiger partial charge >= 0.3 is 0 Å². The van der Waals surface area contributed by atoms with Crippen LogP contribution >= 0.6 is 0 Å². The molecule has 2 amide bonds. The zero-order valence-corrected chi connectivity index (χ0v) is 17.6.